The molecule has 3 heterocycles. The van der Waals surface area contributed by atoms with E-state index in [1.807, 2.05) is 36.5 Å². The molecule has 6 nitrogen and oxygen atoms in total. The van der Waals surface area contributed by atoms with Crippen molar-refractivity contribution in [3.8, 4) is 0 Å². The summed E-state index contributed by atoms with van der Waals surface area (Å²) in [6.45, 7) is 5.31. The number of nitrogens with one attached hydrogen (secondary N) is 1. The minimum Gasteiger partial charge on any atom is -0.338 e. The van der Waals surface area contributed by atoms with Crippen LogP contribution in [-0.2, 0) is 22.7 Å². The second-order valence-electron chi connectivity index (χ2n) is 8.10. The summed E-state index contributed by atoms with van der Waals surface area (Å²) >= 11 is 1.54. The lowest BCUT2D eigenvalue weighted by Crippen LogP contribution is -2.36. The van der Waals surface area contributed by atoms with Crippen LogP contribution < -0.4 is 5.32 Å². The monoisotopic (exact) mass is 412 g/mol. The molecule has 2 amide bonds. The first kappa shape index (κ1) is 20.0. The van der Waals surface area contributed by atoms with Crippen molar-refractivity contribution < 1.29 is 9.59 Å². The Morgan fingerprint density at radius 1 is 1.24 bits per heavy atom. The van der Waals surface area contributed by atoms with Gasteiger partial charge in [-0.2, -0.15) is 0 Å². The second-order valence-corrected chi connectivity index (χ2v) is 9.21. The molecule has 2 aliphatic rings. The molecule has 2 unspecified atom stereocenters. The maximum atomic E-state index is 12.7. The summed E-state index contributed by atoms with van der Waals surface area (Å²) in [6, 6.07) is 10.5. The molecule has 2 aromatic rings. The molecule has 2 atom stereocenters. The quantitative estimate of drug-likeness (QED) is 0.789. The van der Waals surface area contributed by atoms with Crippen molar-refractivity contribution in [3.63, 3.8) is 0 Å². The Hall–Kier alpha value is -2.25. The number of thiazole rings is 1. The third kappa shape index (κ3) is 5.03. The van der Waals surface area contributed by atoms with Crippen LogP contribution in [0.2, 0.25) is 0 Å². The third-order valence-corrected chi connectivity index (χ3v) is 6.78. The van der Waals surface area contributed by atoms with Gasteiger partial charge in [-0.15, -0.1) is 11.3 Å². The molecule has 0 spiro atoms. The van der Waals surface area contributed by atoms with Crippen molar-refractivity contribution in [2.24, 2.45) is 5.92 Å². The predicted molar refractivity (Wildman–Crippen MR) is 114 cm³/mol. The van der Waals surface area contributed by atoms with Crippen LogP contribution in [-0.4, -0.2) is 45.7 Å². The molecule has 4 rings (SSSR count). The maximum absolute atomic E-state index is 12.7. The van der Waals surface area contributed by atoms with E-state index in [0.29, 0.717) is 24.3 Å². The number of anilines is 1. The zero-order valence-electron chi connectivity index (χ0n) is 16.8. The number of likely N-dealkylation sites (tertiary alicyclic amines) is 2. The first-order valence-corrected chi connectivity index (χ1v) is 11.2. The highest BCUT2D eigenvalue weighted by molar-refractivity contribution is 7.15. The molecule has 1 aromatic carbocycles. The van der Waals surface area contributed by atoms with Crippen LogP contribution >= 0.6 is 11.3 Å². The van der Waals surface area contributed by atoms with Gasteiger partial charge in [0, 0.05) is 43.2 Å². The number of carbonyl (C=O) groups is 2. The number of carbonyl (C=O) groups excluding carboxylic acids is 2. The van der Waals surface area contributed by atoms with Crippen molar-refractivity contribution in [2.75, 3.05) is 18.4 Å². The molecule has 0 aliphatic carbocycles. The highest BCUT2D eigenvalue weighted by atomic mass is 32.1. The minimum atomic E-state index is -0.319. The van der Waals surface area contributed by atoms with E-state index in [1.165, 1.54) is 35.5 Å². The Morgan fingerprint density at radius 3 is 2.86 bits per heavy atom. The van der Waals surface area contributed by atoms with Gasteiger partial charge in [0.25, 0.3) is 0 Å². The molecule has 1 N–H and O–H groups in total. The van der Waals surface area contributed by atoms with Gasteiger partial charge in [0.05, 0.1) is 5.92 Å². The summed E-state index contributed by atoms with van der Waals surface area (Å²) in [6.07, 6.45) is 5.94. The highest BCUT2D eigenvalue weighted by Gasteiger charge is 2.34. The summed E-state index contributed by atoms with van der Waals surface area (Å²) in [7, 11) is 0. The third-order valence-electron chi connectivity index (χ3n) is 5.88. The summed E-state index contributed by atoms with van der Waals surface area (Å²) in [5.41, 5.74) is 1.08. The van der Waals surface area contributed by atoms with E-state index < -0.39 is 0 Å². The van der Waals surface area contributed by atoms with Crippen LogP contribution in [0.5, 0.6) is 0 Å². The average Bonchev–Trinajstić information content (AvgIpc) is 3.31. The smallest absolute Gasteiger partial charge is 0.231 e. The Balaban J connectivity index is 1.30. The fourth-order valence-corrected chi connectivity index (χ4v) is 4.98. The van der Waals surface area contributed by atoms with Crippen LogP contribution in [0, 0.1) is 5.92 Å². The maximum Gasteiger partial charge on any atom is 0.231 e. The SMILES string of the molecule is CC1CCCCN1Cc1cnc(NC(=O)C2CC(=O)N(Cc3ccccc3)C2)s1. The zero-order chi connectivity index (χ0) is 20.2. The molecular formula is C22H28N4O2S. The molecule has 2 aliphatic heterocycles. The molecule has 1 aromatic heterocycles. The van der Waals surface area contributed by atoms with Gasteiger partial charge in [-0.1, -0.05) is 36.8 Å². The van der Waals surface area contributed by atoms with Crippen LogP contribution in [0.1, 0.15) is 43.0 Å². The molecule has 154 valence electrons. The standard InChI is InChI=1S/C22H28N4O2S/c1-16-7-5-6-10-25(16)15-19-12-23-22(29-19)24-21(28)18-11-20(27)26(14-18)13-17-8-3-2-4-9-17/h2-4,8-9,12,16,18H,5-7,10-11,13-15H2,1H3,(H,23,24,28). The van der Waals surface area contributed by atoms with E-state index in [1.54, 1.807) is 4.90 Å². The Bertz CT molecular complexity index is 854. The second kappa shape index (κ2) is 9.05. The summed E-state index contributed by atoms with van der Waals surface area (Å²) < 4.78 is 0. The Labute approximate surface area is 175 Å². The summed E-state index contributed by atoms with van der Waals surface area (Å²) in [5.74, 6) is -0.394. The van der Waals surface area contributed by atoms with Crippen LogP contribution in [0.25, 0.3) is 0 Å². The van der Waals surface area contributed by atoms with Gasteiger partial charge in [-0.05, 0) is 31.9 Å². The van der Waals surface area contributed by atoms with Gasteiger partial charge in [-0.25, -0.2) is 4.98 Å². The lowest BCUT2D eigenvalue weighted by atomic mass is 10.0. The first-order chi connectivity index (χ1) is 14.1. The molecular weight excluding hydrogens is 384 g/mol. The van der Waals surface area contributed by atoms with Crippen LogP contribution in [0.4, 0.5) is 5.13 Å². The highest BCUT2D eigenvalue weighted by Crippen LogP contribution is 2.26. The van der Waals surface area contributed by atoms with Gasteiger partial charge in [-0.3, -0.25) is 14.5 Å². The first-order valence-electron chi connectivity index (χ1n) is 10.4. The van der Waals surface area contributed by atoms with E-state index in [9.17, 15) is 9.59 Å². The lowest BCUT2D eigenvalue weighted by Gasteiger charge is -2.32. The van der Waals surface area contributed by atoms with Crippen molar-refractivity contribution in [1.82, 2.24) is 14.8 Å². The zero-order valence-corrected chi connectivity index (χ0v) is 17.7. The number of rotatable bonds is 6. The molecule has 0 bridgehead atoms. The average molecular weight is 413 g/mol. The van der Waals surface area contributed by atoms with Crippen LogP contribution in [0.15, 0.2) is 36.5 Å². The number of hydrogen-bond donors (Lipinski definition) is 1. The van der Waals surface area contributed by atoms with Gasteiger partial charge in [0.1, 0.15) is 0 Å². The molecule has 2 fully saturated rings. The molecule has 7 heteroatoms. The van der Waals surface area contributed by atoms with Crippen molar-refractivity contribution in [2.45, 2.75) is 51.7 Å². The van der Waals surface area contributed by atoms with E-state index in [-0.39, 0.29) is 24.2 Å². The van der Waals surface area contributed by atoms with Crippen molar-refractivity contribution in [1.29, 1.82) is 0 Å². The van der Waals surface area contributed by atoms with Crippen LogP contribution in [0.3, 0.4) is 0 Å². The van der Waals surface area contributed by atoms with Gasteiger partial charge >= 0.3 is 0 Å². The van der Waals surface area contributed by atoms with E-state index in [0.717, 1.165) is 18.7 Å². The molecule has 0 radical (unpaired) electrons. The van der Waals surface area contributed by atoms with E-state index >= 15 is 0 Å². The molecule has 29 heavy (non-hydrogen) atoms. The topological polar surface area (TPSA) is 65.5 Å². The van der Waals surface area contributed by atoms with Crippen molar-refractivity contribution >= 4 is 28.3 Å². The fraction of sp³-hybridized carbons (Fsp3) is 0.500. The molecule has 2 saturated heterocycles. The number of nitrogens with zero attached hydrogens (tertiary/aromatic N) is 3. The number of benzene rings is 1. The van der Waals surface area contributed by atoms with Gasteiger partial charge in [0.2, 0.25) is 11.8 Å². The largest absolute Gasteiger partial charge is 0.338 e. The normalized spacial score (nSPS) is 22.8. The summed E-state index contributed by atoms with van der Waals surface area (Å²) in [5, 5.41) is 3.56. The Morgan fingerprint density at radius 2 is 2.07 bits per heavy atom. The van der Waals surface area contributed by atoms with E-state index in [2.05, 4.69) is 22.1 Å². The fourth-order valence-electron chi connectivity index (χ4n) is 4.14. The lowest BCUT2D eigenvalue weighted by molar-refractivity contribution is -0.128. The summed E-state index contributed by atoms with van der Waals surface area (Å²) in [4.78, 5) is 34.8. The van der Waals surface area contributed by atoms with E-state index in [4.69, 9.17) is 0 Å². The van der Waals surface area contributed by atoms with Crippen molar-refractivity contribution in [3.05, 3.63) is 47.0 Å². The molecule has 0 saturated carbocycles. The van der Waals surface area contributed by atoms with Gasteiger partial charge < -0.3 is 10.2 Å². The van der Waals surface area contributed by atoms with Gasteiger partial charge in [0.15, 0.2) is 5.13 Å². The predicted octanol–water partition coefficient (Wildman–Crippen LogP) is 3.50. The number of piperidine rings is 1. The number of aromatic nitrogens is 1. The number of amides is 2. The Kier molecular flexibility index (Phi) is 6.25. The number of hydrogen-bond acceptors (Lipinski definition) is 5. The minimum absolute atomic E-state index is 0.0351.